The number of aliphatic hydroxyl groups is 1. The maximum Gasteiger partial charge on any atom is 0.427 e. The molecule has 4 heterocycles. The van der Waals surface area contributed by atoms with Crippen LogP contribution in [0.5, 0.6) is 0 Å². The average molecular weight is 1000 g/mol. The molecule has 0 radical (unpaired) electrons. The van der Waals surface area contributed by atoms with Crippen LogP contribution in [0.4, 0.5) is 44.3 Å². The Morgan fingerprint density at radius 1 is 0.638 bits per heavy atom. The van der Waals surface area contributed by atoms with Crippen molar-refractivity contribution in [2.45, 2.75) is 171 Å². The number of carbonyl (C=O) groups excluding carboxylic acids is 1. The van der Waals surface area contributed by atoms with Crippen LogP contribution in [-0.2, 0) is 11.3 Å². The van der Waals surface area contributed by atoms with Gasteiger partial charge in [0.15, 0.2) is 0 Å². The van der Waals surface area contributed by atoms with E-state index in [2.05, 4.69) is 65.5 Å². The normalized spacial score (nSPS) is 19.9. The maximum atomic E-state index is 12.6. The third kappa shape index (κ3) is 22.2. The minimum atomic E-state index is -5.74. The molecule has 4 saturated heterocycles. The lowest BCUT2D eigenvalue weighted by Crippen LogP contribution is -2.63. The number of piperidine rings is 4. The molecular formula is C52H86F9N5O3. The van der Waals surface area contributed by atoms with Gasteiger partial charge in [-0.05, 0) is 176 Å². The number of β-amino-alcohol motifs (C(OH)–C–C–N with tert-alkyl or cyclic N) is 1. The summed E-state index contributed by atoms with van der Waals surface area (Å²) in [6, 6.07) is 10.2. The molecule has 0 spiro atoms. The van der Waals surface area contributed by atoms with Gasteiger partial charge in [-0.2, -0.15) is 44.8 Å². The number of rotatable bonds is 8. The van der Waals surface area contributed by atoms with Gasteiger partial charge in [0.1, 0.15) is 5.60 Å². The van der Waals surface area contributed by atoms with Crippen LogP contribution in [-0.4, -0.2) is 126 Å². The first-order valence-corrected chi connectivity index (χ1v) is 25.1. The van der Waals surface area contributed by atoms with Gasteiger partial charge in [0.05, 0.1) is 18.2 Å². The fraction of sp³-hybridized carbons (Fsp3) is 0.846. The molecule has 4 aliphatic rings. The van der Waals surface area contributed by atoms with E-state index >= 15 is 0 Å². The third-order valence-electron chi connectivity index (χ3n) is 14.4. The van der Waals surface area contributed by atoms with E-state index in [0.29, 0.717) is 60.9 Å². The summed E-state index contributed by atoms with van der Waals surface area (Å²) >= 11 is 0. The van der Waals surface area contributed by atoms with Crippen LogP contribution < -0.4 is 0 Å². The highest BCUT2D eigenvalue weighted by atomic mass is 19.4. The van der Waals surface area contributed by atoms with Gasteiger partial charge in [0.25, 0.3) is 5.60 Å². The van der Waals surface area contributed by atoms with Crippen molar-refractivity contribution in [2.24, 2.45) is 46.8 Å². The average Bonchev–Trinajstić information content (AvgIpc) is 3.23. The first kappa shape index (κ1) is 62.3. The van der Waals surface area contributed by atoms with Crippen molar-refractivity contribution in [3.05, 3.63) is 35.4 Å². The molecule has 8 nitrogen and oxygen atoms in total. The van der Waals surface area contributed by atoms with E-state index in [1.807, 2.05) is 57.7 Å². The quantitative estimate of drug-likeness (QED) is 0.260. The Kier molecular flexibility index (Phi) is 24.2. The number of alkyl halides is 9. The summed E-state index contributed by atoms with van der Waals surface area (Å²) in [6.45, 7) is 29.8. The highest BCUT2D eigenvalue weighted by molar-refractivity contribution is 5.68. The predicted molar refractivity (Wildman–Crippen MR) is 255 cm³/mol. The van der Waals surface area contributed by atoms with Crippen molar-refractivity contribution >= 4 is 6.09 Å². The summed E-state index contributed by atoms with van der Waals surface area (Å²) in [5.74, 6) is 4.28. The first-order chi connectivity index (χ1) is 31.5. The number of hydrogen-bond donors (Lipinski definition) is 1. The van der Waals surface area contributed by atoms with Crippen LogP contribution in [0.25, 0.3) is 0 Å². The lowest BCUT2D eigenvalue weighted by Gasteiger charge is -2.40. The zero-order valence-corrected chi connectivity index (χ0v) is 43.7. The van der Waals surface area contributed by atoms with Crippen molar-refractivity contribution in [1.82, 2.24) is 19.6 Å². The van der Waals surface area contributed by atoms with Crippen LogP contribution in [0.1, 0.15) is 146 Å². The molecule has 69 heavy (non-hydrogen) atoms. The summed E-state index contributed by atoms with van der Waals surface area (Å²) in [5, 5.41) is 18.0. The number of nitrogens with zero attached hydrogens (tertiary/aromatic N) is 5. The topological polar surface area (TPSA) is 83.3 Å². The van der Waals surface area contributed by atoms with E-state index in [1.165, 1.54) is 36.4 Å². The Labute approximate surface area is 408 Å². The maximum absolute atomic E-state index is 12.6. The summed E-state index contributed by atoms with van der Waals surface area (Å²) in [6.07, 6.45) is -7.96. The number of hydrogen-bond acceptors (Lipinski definition) is 7. The first-order valence-electron chi connectivity index (χ1n) is 25.1. The van der Waals surface area contributed by atoms with Gasteiger partial charge >= 0.3 is 24.6 Å². The summed E-state index contributed by atoms with van der Waals surface area (Å²) < 4.78 is 117. The van der Waals surface area contributed by atoms with Crippen LogP contribution in [0.3, 0.4) is 0 Å². The van der Waals surface area contributed by atoms with E-state index < -0.39 is 42.8 Å². The molecule has 1 aromatic carbocycles. The molecular weight excluding hydrogens is 914 g/mol. The van der Waals surface area contributed by atoms with Crippen molar-refractivity contribution in [3.63, 3.8) is 0 Å². The number of amides is 1. The van der Waals surface area contributed by atoms with Gasteiger partial charge in [-0.15, -0.1) is 0 Å². The van der Waals surface area contributed by atoms with Crippen LogP contribution in [0, 0.1) is 58.2 Å². The van der Waals surface area contributed by atoms with E-state index in [1.54, 1.807) is 0 Å². The zero-order valence-electron chi connectivity index (χ0n) is 43.7. The highest BCUT2D eigenvalue weighted by Crippen LogP contribution is 2.44. The Morgan fingerprint density at radius 2 is 1.03 bits per heavy atom. The minimum absolute atomic E-state index is 0.136. The smallest absolute Gasteiger partial charge is 0.427 e. The molecule has 4 aliphatic heterocycles. The molecule has 0 unspecified atom stereocenters. The molecule has 0 atom stereocenters. The summed E-state index contributed by atoms with van der Waals surface area (Å²) in [5.41, 5.74) is -2.68. The number of benzene rings is 1. The standard InChI is InChI=1S/C16H22N2.C14H27NO2.C12H19F6NO.C10H18F3N/c1-13(2)16-6-8-18(9-7-16)12-15-5-3-4-14(10-15)11-17;1-13(2,3)11-7-9-15(10-8-11)12(16)17-14(4,5)6;1-8(2)9-3-5-19(6-4-9)7-10(20,11(13,14)15)12(16,17)18;1-8(2)9-3-5-14(6-4-9)7-10(11,12)13/h3-5,10,13,16H,6-9,12H2,1-2H3;11H,7-10H2,1-6H3;8-9,20H,3-7H2,1-2H3;8-9H,3-7H2,1-2H3. The Bertz CT molecular complexity index is 1650. The Hall–Kier alpha value is -2.81. The van der Waals surface area contributed by atoms with Gasteiger partial charge in [0.2, 0.25) is 0 Å². The fourth-order valence-corrected chi connectivity index (χ4v) is 9.50. The van der Waals surface area contributed by atoms with E-state index in [-0.39, 0.29) is 19.2 Å². The van der Waals surface area contributed by atoms with E-state index in [0.717, 1.165) is 67.6 Å². The van der Waals surface area contributed by atoms with Gasteiger partial charge in [-0.1, -0.05) is 74.4 Å². The van der Waals surface area contributed by atoms with Gasteiger partial charge < -0.3 is 14.7 Å². The third-order valence-corrected chi connectivity index (χ3v) is 14.4. The van der Waals surface area contributed by atoms with Crippen molar-refractivity contribution in [3.8, 4) is 6.07 Å². The molecule has 17 heteroatoms. The fourth-order valence-electron chi connectivity index (χ4n) is 9.50. The SMILES string of the molecule is CC(C)(C)OC(=O)N1CCC(C(C)(C)C)CC1.CC(C)C1CCN(CC(F)(F)F)CC1.CC(C)C1CCN(CC(O)(C(F)(F)F)C(F)(F)F)CC1.CC(C)C1CCN(Cc2cccc(C#N)c2)CC1. The second kappa shape index (κ2) is 26.8. The molecule has 5 rings (SSSR count). The van der Waals surface area contributed by atoms with Crippen LogP contribution in [0.15, 0.2) is 24.3 Å². The number of likely N-dealkylation sites (tertiary alicyclic amines) is 4. The van der Waals surface area contributed by atoms with E-state index in [9.17, 15) is 44.3 Å². The molecule has 1 aromatic rings. The molecule has 1 amide bonds. The van der Waals surface area contributed by atoms with Gasteiger partial charge in [-0.25, -0.2) is 4.79 Å². The zero-order chi connectivity index (χ0) is 52.8. The number of ether oxygens (including phenoxy) is 1. The predicted octanol–water partition coefficient (Wildman–Crippen LogP) is 13.2. The Balaban J connectivity index is 0.000000318. The second-order valence-electron chi connectivity index (χ2n) is 23.0. The molecule has 4 fully saturated rings. The largest absolute Gasteiger partial charge is 0.444 e. The Morgan fingerprint density at radius 3 is 1.36 bits per heavy atom. The van der Waals surface area contributed by atoms with E-state index in [4.69, 9.17) is 15.1 Å². The van der Waals surface area contributed by atoms with Crippen molar-refractivity contribution in [1.29, 1.82) is 5.26 Å². The van der Waals surface area contributed by atoms with Gasteiger partial charge in [-0.3, -0.25) is 14.7 Å². The van der Waals surface area contributed by atoms with Gasteiger partial charge in [0, 0.05) is 26.2 Å². The lowest BCUT2D eigenvalue weighted by atomic mass is 9.75. The molecule has 0 aromatic heterocycles. The number of halogens is 9. The van der Waals surface area contributed by atoms with Crippen LogP contribution >= 0.6 is 0 Å². The molecule has 400 valence electrons. The minimum Gasteiger partial charge on any atom is -0.444 e. The number of carbonyl (C=O) groups is 1. The monoisotopic (exact) mass is 1000 g/mol. The summed E-state index contributed by atoms with van der Waals surface area (Å²) in [7, 11) is 0. The highest BCUT2D eigenvalue weighted by Gasteiger charge is 2.70. The van der Waals surface area contributed by atoms with Crippen LogP contribution in [0.2, 0.25) is 0 Å². The van der Waals surface area contributed by atoms with Crippen molar-refractivity contribution < 1.29 is 54.2 Å². The summed E-state index contributed by atoms with van der Waals surface area (Å²) in [4.78, 5) is 18.8. The lowest BCUT2D eigenvalue weighted by molar-refractivity contribution is -0.371. The second-order valence-corrected chi connectivity index (χ2v) is 23.0. The van der Waals surface area contributed by atoms with Crippen molar-refractivity contribution in [2.75, 3.05) is 65.4 Å². The molecule has 1 N–H and O–H groups in total. The molecule has 0 saturated carbocycles. The number of nitriles is 1. The molecule has 0 aliphatic carbocycles. The molecule has 0 bridgehead atoms.